The molecule has 4 aromatic rings. The Balaban J connectivity index is 0.854. The van der Waals surface area contributed by atoms with Crippen LogP contribution in [0.2, 0.25) is 5.02 Å². The number of aromatic nitrogens is 3. The Bertz CT molecular complexity index is 2480. The van der Waals surface area contributed by atoms with Crippen LogP contribution in [-0.4, -0.2) is 70.9 Å². The smallest absolute Gasteiger partial charge is 0.422 e. The van der Waals surface area contributed by atoms with E-state index in [0.717, 1.165) is 69.8 Å². The molecule has 7 N–H and O–H groups in total. The predicted octanol–water partition coefficient (Wildman–Crippen LogP) is 6.68. The van der Waals surface area contributed by atoms with Crippen molar-refractivity contribution in [1.29, 1.82) is 5.41 Å². The van der Waals surface area contributed by atoms with Gasteiger partial charge in [0.05, 0.1) is 5.54 Å². The summed E-state index contributed by atoms with van der Waals surface area (Å²) < 4.78 is 44.2. The molecular formula is C45H50ClF3N10O5. The molecule has 9 rings (SSSR count). The standard InChI is InChI=1S/C45H50ClF3N10O5/c46-30-7-5-29(6-8-30)44(14-15-44)59-41-56-40(57-42(58-41)64-23-45(47,48)49)53-31-9-3-25(4-10-31)38(62)54-32(39(63)55-33-18-24-1-2-26(33)17-24)12-16-51-34-35(37(61)36(34)60)52-21-28-20-43(22-50)13-11-27(28)19-43/h3-10,22,24,26-28,32-33,50-52H,1-2,11-21,23H2,(H,54,62)(H,55,63)(H2,53,56,57,58,59). The van der Waals surface area contributed by atoms with Gasteiger partial charge in [-0.25, -0.2) is 0 Å². The van der Waals surface area contributed by atoms with Gasteiger partial charge in [0, 0.05) is 47.0 Å². The SMILES string of the molecule is N=CC12CCC(C1)C(CNc1c(NCCC(NC(=O)c3ccc(Nc4nc(NC5(c6ccc(Cl)cc6)CC5)nc(OCC(F)(F)F)n4)cc3)C(=O)NC3CC4CCC3C4)c(=O)c1=O)C2. The van der Waals surface area contributed by atoms with Crippen LogP contribution in [0.15, 0.2) is 58.1 Å². The highest BCUT2D eigenvalue weighted by molar-refractivity contribution is 6.30. The Morgan fingerprint density at radius 1 is 0.891 bits per heavy atom. The minimum atomic E-state index is -4.63. The number of rotatable bonds is 19. The second kappa shape index (κ2) is 17.3. The zero-order valence-corrected chi connectivity index (χ0v) is 35.7. The molecule has 15 nitrogen and oxygen atoms in total. The summed E-state index contributed by atoms with van der Waals surface area (Å²) in [5.41, 5.74) is 0.112. The first-order chi connectivity index (χ1) is 30.7. The highest BCUT2D eigenvalue weighted by atomic mass is 35.5. The van der Waals surface area contributed by atoms with Crippen LogP contribution in [0.1, 0.15) is 86.6 Å². The molecule has 338 valence electrons. The molecule has 7 unspecified atom stereocenters. The molecule has 0 saturated heterocycles. The van der Waals surface area contributed by atoms with Crippen molar-refractivity contribution in [3.63, 3.8) is 0 Å². The fourth-order valence-electron chi connectivity index (χ4n) is 10.5. The first-order valence-corrected chi connectivity index (χ1v) is 22.4. The van der Waals surface area contributed by atoms with E-state index in [2.05, 4.69) is 46.9 Å². The highest BCUT2D eigenvalue weighted by Crippen LogP contribution is 2.56. The number of halogens is 4. The number of carbonyl (C=O) groups excluding carboxylic acids is 2. The summed E-state index contributed by atoms with van der Waals surface area (Å²) in [6.45, 7) is -0.949. The lowest BCUT2D eigenvalue weighted by molar-refractivity contribution is -0.154. The monoisotopic (exact) mass is 902 g/mol. The van der Waals surface area contributed by atoms with Crippen LogP contribution in [0, 0.1) is 34.5 Å². The number of fused-ring (bicyclic) bond motifs is 4. The molecule has 1 aromatic heterocycles. The molecular weight excluding hydrogens is 853 g/mol. The number of benzene rings is 2. The van der Waals surface area contributed by atoms with Crippen LogP contribution in [0.5, 0.6) is 6.01 Å². The molecule has 5 saturated carbocycles. The van der Waals surface area contributed by atoms with Crippen molar-refractivity contribution >= 4 is 58.6 Å². The van der Waals surface area contributed by atoms with Crippen molar-refractivity contribution in [1.82, 2.24) is 25.6 Å². The lowest BCUT2D eigenvalue weighted by Gasteiger charge is -2.27. The van der Waals surface area contributed by atoms with E-state index in [1.165, 1.54) is 12.1 Å². The normalized spacial score (nSPS) is 25.4. The number of carbonyl (C=O) groups is 2. The second-order valence-corrected chi connectivity index (χ2v) is 18.8. The van der Waals surface area contributed by atoms with Gasteiger partial charge < -0.3 is 42.0 Å². The second-order valence-electron chi connectivity index (χ2n) is 18.4. The molecule has 5 fully saturated rings. The molecule has 0 aliphatic heterocycles. The summed E-state index contributed by atoms with van der Waals surface area (Å²) in [6, 6.07) is 11.9. The highest BCUT2D eigenvalue weighted by Gasteiger charge is 2.49. The Hall–Kier alpha value is -5.78. The van der Waals surface area contributed by atoms with E-state index in [1.807, 2.05) is 12.1 Å². The van der Waals surface area contributed by atoms with Crippen molar-refractivity contribution in [2.24, 2.45) is 29.1 Å². The van der Waals surface area contributed by atoms with Crippen molar-refractivity contribution in [2.45, 2.75) is 94.4 Å². The summed E-state index contributed by atoms with van der Waals surface area (Å²) in [6.07, 6.45) is 6.62. The molecule has 64 heavy (non-hydrogen) atoms. The van der Waals surface area contributed by atoms with Crippen LogP contribution in [0.25, 0.3) is 0 Å². The van der Waals surface area contributed by atoms with E-state index in [4.69, 9.17) is 21.7 Å². The number of alkyl halides is 3. The Labute approximate surface area is 371 Å². The zero-order valence-electron chi connectivity index (χ0n) is 35.0. The van der Waals surface area contributed by atoms with Gasteiger partial charge in [0.25, 0.3) is 16.8 Å². The topological polar surface area (TPSA) is 212 Å². The number of ether oxygens (including phenoxy) is 1. The van der Waals surface area contributed by atoms with Gasteiger partial charge in [0.15, 0.2) is 6.61 Å². The van der Waals surface area contributed by atoms with E-state index in [1.54, 1.807) is 30.5 Å². The number of hydrogen-bond donors (Lipinski definition) is 7. The van der Waals surface area contributed by atoms with Gasteiger partial charge >= 0.3 is 12.2 Å². The first-order valence-electron chi connectivity index (χ1n) is 22.0. The van der Waals surface area contributed by atoms with Gasteiger partial charge in [-0.15, -0.1) is 0 Å². The van der Waals surface area contributed by atoms with Crippen LogP contribution in [0.3, 0.4) is 0 Å². The molecule has 5 aliphatic carbocycles. The molecule has 5 aliphatic rings. The number of anilines is 5. The average Bonchev–Trinajstić information content (AvgIpc) is 3.62. The van der Waals surface area contributed by atoms with Crippen molar-refractivity contribution in [3.8, 4) is 6.01 Å². The Morgan fingerprint density at radius 2 is 1.62 bits per heavy atom. The fourth-order valence-corrected chi connectivity index (χ4v) is 10.7. The Kier molecular flexibility index (Phi) is 11.8. The molecule has 1 heterocycles. The molecule has 4 bridgehead atoms. The van der Waals surface area contributed by atoms with Crippen molar-refractivity contribution in [3.05, 3.63) is 85.1 Å². The summed E-state index contributed by atoms with van der Waals surface area (Å²) in [5, 5.41) is 26.9. The third kappa shape index (κ3) is 9.38. The van der Waals surface area contributed by atoms with E-state index < -0.39 is 47.1 Å². The maximum atomic E-state index is 13.8. The lowest BCUT2D eigenvalue weighted by atomic mass is 9.81. The molecule has 0 radical (unpaired) electrons. The molecule has 7 atom stereocenters. The molecule has 3 aromatic carbocycles. The van der Waals surface area contributed by atoms with Crippen molar-refractivity contribution < 1.29 is 27.5 Å². The van der Waals surface area contributed by atoms with Crippen molar-refractivity contribution in [2.75, 3.05) is 41.0 Å². The molecule has 2 amide bonds. The number of nitrogens with one attached hydrogen (secondary N) is 7. The third-order valence-electron chi connectivity index (χ3n) is 14.1. The van der Waals surface area contributed by atoms with Gasteiger partial charge in [-0.1, -0.05) is 30.2 Å². The number of amides is 2. The number of nitrogens with zero attached hydrogens (tertiary/aromatic N) is 3. The van der Waals surface area contributed by atoms with Gasteiger partial charge in [-0.2, -0.15) is 28.1 Å². The third-order valence-corrected chi connectivity index (χ3v) is 14.3. The largest absolute Gasteiger partial charge is 0.454 e. The lowest BCUT2D eigenvalue weighted by Crippen LogP contribution is -2.51. The summed E-state index contributed by atoms with van der Waals surface area (Å²) in [4.78, 5) is 65.4. The quantitative estimate of drug-likeness (QED) is 0.0388. The maximum absolute atomic E-state index is 13.8. The molecule has 0 spiro atoms. The van der Waals surface area contributed by atoms with Crippen LogP contribution in [-0.2, 0) is 10.3 Å². The summed E-state index contributed by atoms with van der Waals surface area (Å²) in [5.74, 6) is 0.790. The fraction of sp³-hybridized carbons (Fsp3) is 0.511. The van der Waals surface area contributed by atoms with Gasteiger partial charge in [-0.3, -0.25) is 19.2 Å². The maximum Gasteiger partial charge on any atom is 0.422 e. The average molecular weight is 903 g/mol. The van der Waals surface area contributed by atoms with Gasteiger partial charge in [0.2, 0.25) is 17.8 Å². The minimum Gasteiger partial charge on any atom is -0.454 e. The van der Waals surface area contributed by atoms with Crippen LogP contribution in [0.4, 0.5) is 42.1 Å². The molecule has 19 heteroatoms. The van der Waals surface area contributed by atoms with Crippen LogP contribution >= 0.6 is 11.6 Å². The summed E-state index contributed by atoms with van der Waals surface area (Å²) >= 11 is 6.08. The Morgan fingerprint density at radius 3 is 2.28 bits per heavy atom. The zero-order chi connectivity index (χ0) is 44.8. The minimum absolute atomic E-state index is 0.00668. The van der Waals surface area contributed by atoms with E-state index in [-0.39, 0.29) is 59.2 Å². The van der Waals surface area contributed by atoms with Gasteiger partial charge in [-0.05, 0) is 130 Å². The van der Waals surface area contributed by atoms with E-state index in [0.29, 0.717) is 40.9 Å². The van der Waals surface area contributed by atoms with Gasteiger partial charge in [0.1, 0.15) is 17.4 Å². The first kappa shape index (κ1) is 43.5. The van der Waals surface area contributed by atoms with E-state index in [9.17, 15) is 32.3 Å². The van der Waals surface area contributed by atoms with E-state index >= 15 is 0 Å². The summed E-state index contributed by atoms with van der Waals surface area (Å²) in [7, 11) is 0. The predicted molar refractivity (Wildman–Crippen MR) is 235 cm³/mol. The van der Waals surface area contributed by atoms with Crippen LogP contribution < -0.4 is 47.5 Å². The number of hydrogen-bond acceptors (Lipinski definition) is 13.